The van der Waals surface area contributed by atoms with Crippen molar-refractivity contribution in [3.05, 3.63) is 95.3 Å². The minimum atomic E-state index is -0.0106. The van der Waals surface area contributed by atoms with Crippen LogP contribution >= 0.6 is 12.4 Å². The summed E-state index contributed by atoms with van der Waals surface area (Å²) in [6.07, 6.45) is 2.62. The number of aryl methyl sites for hydroxylation is 1. The smallest absolute Gasteiger partial charge is 0.258 e. The maximum absolute atomic E-state index is 13.4. The van der Waals surface area contributed by atoms with Gasteiger partial charge in [-0.05, 0) is 42.3 Å². The normalized spacial score (nSPS) is 10.6. The van der Waals surface area contributed by atoms with E-state index < -0.39 is 0 Å². The second-order valence-corrected chi connectivity index (χ2v) is 8.22. The number of hydrogen-bond acceptors (Lipinski definition) is 3. The third-order valence-electron chi connectivity index (χ3n) is 5.90. The van der Waals surface area contributed by atoms with Crippen LogP contribution in [0.15, 0.2) is 72.8 Å². The Hall–Kier alpha value is -3.64. The molecule has 6 nitrogen and oxygen atoms in total. The standard InChI is InChI=1S/C27H29N5O.ClH/c1-3-4-16-32(22-8-6-5-7-9-22)27(33)21-14-15-24-23(18-21)30-25(31(24)2)17-19-10-12-20(13-11-19)26(28)29;/h5-15,18H,3-4,16-17H2,1-2H3,(H3,28,29);1H. The Bertz CT molecular complexity index is 1280. The Morgan fingerprint density at radius 2 is 1.71 bits per heavy atom. The van der Waals surface area contributed by atoms with E-state index in [1.165, 1.54) is 0 Å². The van der Waals surface area contributed by atoms with Gasteiger partial charge in [0.25, 0.3) is 5.91 Å². The highest BCUT2D eigenvalue weighted by Crippen LogP contribution is 2.22. The second kappa shape index (κ2) is 11.0. The van der Waals surface area contributed by atoms with Gasteiger partial charge in [0.05, 0.1) is 11.0 Å². The molecular formula is C27H30ClN5O. The Morgan fingerprint density at radius 3 is 2.35 bits per heavy atom. The number of carbonyl (C=O) groups excluding carboxylic acids is 1. The second-order valence-electron chi connectivity index (χ2n) is 8.22. The summed E-state index contributed by atoms with van der Waals surface area (Å²) in [5.74, 6) is 0.963. The molecule has 0 saturated heterocycles. The molecule has 7 heteroatoms. The molecule has 3 aromatic carbocycles. The van der Waals surface area contributed by atoms with Crippen molar-refractivity contribution in [2.45, 2.75) is 26.2 Å². The number of fused-ring (bicyclic) bond motifs is 1. The summed E-state index contributed by atoms with van der Waals surface area (Å²) in [5, 5.41) is 7.54. The van der Waals surface area contributed by atoms with Crippen LogP contribution in [0, 0.1) is 5.41 Å². The summed E-state index contributed by atoms with van der Waals surface area (Å²) in [6, 6.07) is 23.2. The number of para-hydroxylation sites is 1. The highest BCUT2D eigenvalue weighted by Gasteiger charge is 2.19. The number of imidazole rings is 1. The molecule has 3 N–H and O–H groups in total. The van der Waals surface area contributed by atoms with Crippen molar-refractivity contribution in [3.63, 3.8) is 0 Å². The van der Waals surface area contributed by atoms with Crippen molar-refractivity contribution < 1.29 is 4.79 Å². The molecule has 0 fully saturated rings. The topological polar surface area (TPSA) is 88.0 Å². The van der Waals surface area contributed by atoms with Crippen molar-refractivity contribution in [3.8, 4) is 0 Å². The summed E-state index contributed by atoms with van der Waals surface area (Å²) in [7, 11) is 1.99. The molecule has 0 bridgehead atoms. The molecule has 0 aliphatic heterocycles. The zero-order chi connectivity index (χ0) is 23.4. The summed E-state index contributed by atoms with van der Waals surface area (Å²) in [6.45, 7) is 2.81. The van der Waals surface area contributed by atoms with E-state index in [-0.39, 0.29) is 24.1 Å². The van der Waals surface area contributed by atoms with E-state index >= 15 is 0 Å². The van der Waals surface area contributed by atoms with Gasteiger partial charge in [-0.2, -0.15) is 0 Å². The highest BCUT2D eigenvalue weighted by molar-refractivity contribution is 6.07. The van der Waals surface area contributed by atoms with Crippen LogP contribution in [0.4, 0.5) is 5.69 Å². The van der Waals surface area contributed by atoms with Crippen LogP contribution in [-0.4, -0.2) is 27.8 Å². The van der Waals surface area contributed by atoms with Crippen molar-refractivity contribution in [2.75, 3.05) is 11.4 Å². The Kier molecular flexibility index (Phi) is 8.08. The minimum Gasteiger partial charge on any atom is -0.384 e. The molecule has 0 radical (unpaired) electrons. The van der Waals surface area contributed by atoms with E-state index in [0.29, 0.717) is 24.1 Å². The highest BCUT2D eigenvalue weighted by atomic mass is 35.5. The molecule has 0 saturated carbocycles. The Balaban J connectivity index is 0.00000324. The monoisotopic (exact) mass is 475 g/mol. The molecule has 1 heterocycles. The van der Waals surface area contributed by atoms with Gasteiger partial charge in [-0.15, -0.1) is 12.4 Å². The van der Waals surface area contributed by atoms with Gasteiger partial charge in [0.15, 0.2) is 0 Å². The molecule has 1 aromatic heterocycles. The predicted octanol–water partition coefficient (Wildman–Crippen LogP) is 5.32. The first-order valence-corrected chi connectivity index (χ1v) is 11.2. The SMILES string of the molecule is CCCCN(C(=O)c1ccc2c(c1)nc(Cc1ccc(C(=N)N)cc1)n2C)c1ccccc1.Cl. The lowest BCUT2D eigenvalue weighted by Crippen LogP contribution is -2.31. The number of halogens is 1. The van der Waals surface area contributed by atoms with Crippen LogP contribution in [0.25, 0.3) is 11.0 Å². The first-order chi connectivity index (χ1) is 16.0. The van der Waals surface area contributed by atoms with E-state index in [1.54, 1.807) is 0 Å². The van der Waals surface area contributed by atoms with E-state index in [1.807, 2.05) is 84.7 Å². The molecule has 0 unspecified atom stereocenters. The van der Waals surface area contributed by atoms with Crippen LogP contribution in [-0.2, 0) is 13.5 Å². The van der Waals surface area contributed by atoms with Crippen molar-refractivity contribution in [2.24, 2.45) is 12.8 Å². The quantitative estimate of drug-likeness (QED) is 0.267. The van der Waals surface area contributed by atoms with E-state index in [2.05, 4.69) is 11.5 Å². The number of aromatic nitrogens is 2. The van der Waals surface area contributed by atoms with Crippen LogP contribution < -0.4 is 10.6 Å². The Labute approximate surface area is 206 Å². The van der Waals surface area contributed by atoms with Crippen molar-refractivity contribution in [1.82, 2.24) is 9.55 Å². The fourth-order valence-corrected chi connectivity index (χ4v) is 3.95. The zero-order valence-electron chi connectivity index (χ0n) is 19.5. The van der Waals surface area contributed by atoms with Crippen molar-refractivity contribution in [1.29, 1.82) is 5.41 Å². The predicted molar refractivity (Wildman–Crippen MR) is 141 cm³/mol. The summed E-state index contributed by atoms with van der Waals surface area (Å²) in [4.78, 5) is 20.1. The number of unbranched alkanes of at least 4 members (excludes halogenated alkanes) is 1. The molecule has 176 valence electrons. The lowest BCUT2D eigenvalue weighted by Gasteiger charge is -2.23. The maximum Gasteiger partial charge on any atom is 0.258 e. The van der Waals surface area contributed by atoms with Gasteiger partial charge in [-0.3, -0.25) is 10.2 Å². The molecular weight excluding hydrogens is 446 g/mol. The van der Waals surface area contributed by atoms with Gasteiger partial charge >= 0.3 is 0 Å². The average Bonchev–Trinajstić information content (AvgIpc) is 3.14. The number of hydrogen-bond donors (Lipinski definition) is 2. The van der Waals surface area contributed by atoms with Crippen LogP contribution in [0.3, 0.4) is 0 Å². The molecule has 0 aliphatic rings. The molecule has 0 aliphatic carbocycles. The molecule has 0 spiro atoms. The third kappa shape index (κ3) is 5.29. The Morgan fingerprint density at radius 1 is 1.03 bits per heavy atom. The van der Waals surface area contributed by atoms with Gasteiger partial charge in [0.2, 0.25) is 0 Å². The number of carbonyl (C=O) groups is 1. The van der Waals surface area contributed by atoms with Crippen LogP contribution in [0.1, 0.15) is 47.1 Å². The molecule has 1 amide bonds. The first-order valence-electron chi connectivity index (χ1n) is 11.2. The lowest BCUT2D eigenvalue weighted by molar-refractivity contribution is 0.0986. The number of benzene rings is 3. The van der Waals surface area contributed by atoms with Gasteiger partial charge in [-0.1, -0.05) is 55.8 Å². The minimum absolute atomic E-state index is 0. The maximum atomic E-state index is 13.4. The number of amides is 1. The summed E-state index contributed by atoms with van der Waals surface area (Å²) < 4.78 is 2.06. The largest absolute Gasteiger partial charge is 0.384 e. The number of rotatable bonds is 8. The van der Waals surface area contributed by atoms with Gasteiger partial charge in [0.1, 0.15) is 11.7 Å². The van der Waals surface area contributed by atoms with Gasteiger partial charge in [0, 0.05) is 36.8 Å². The molecule has 34 heavy (non-hydrogen) atoms. The lowest BCUT2D eigenvalue weighted by atomic mass is 10.1. The van der Waals surface area contributed by atoms with Crippen LogP contribution in [0.2, 0.25) is 0 Å². The van der Waals surface area contributed by atoms with Crippen molar-refractivity contribution >= 4 is 40.9 Å². The number of nitrogen functional groups attached to an aromatic ring is 1. The van der Waals surface area contributed by atoms with E-state index in [9.17, 15) is 4.79 Å². The molecule has 4 rings (SSSR count). The fourth-order valence-electron chi connectivity index (χ4n) is 3.95. The van der Waals surface area contributed by atoms with Gasteiger partial charge < -0.3 is 15.2 Å². The average molecular weight is 476 g/mol. The number of amidine groups is 1. The summed E-state index contributed by atoms with van der Waals surface area (Å²) >= 11 is 0. The fraction of sp³-hybridized carbons (Fsp3) is 0.222. The number of nitrogens with zero attached hydrogens (tertiary/aromatic N) is 3. The number of anilines is 1. The van der Waals surface area contributed by atoms with Crippen LogP contribution in [0.5, 0.6) is 0 Å². The summed E-state index contributed by atoms with van der Waals surface area (Å²) in [5.41, 5.74) is 10.7. The van der Waals surface area contributed by atoms with Gasteiger partial charge in [-0.25, -0.2) is 4.98 Å². The molecule has 0 atom stereocenters. The van der Waals surface area contributed by atoms with E-state index in [0.717, 1.165) is 41.0 Å². The third-order valence-corrected chi connectivity index (χ3v) is 5.90. The zero-order valence-corrected chi connectivity index (χ0v) is 20.3. The first kappa shape index (κ1) is 25.0. The molecule has 4 aromatic rings. The number of nitrogens with one attached hydrogen (secondary N) is 1. The van der Waals surface area contributed by atoms with E-state index in [4.69, 9.17) is 16.1 Å². The number of nitrogens with two attached hydrogens (primary N) is 1.